The highest BCUT2D eigenvalue weighted by atomic mass is 16.5. The molecule has 1 saturated heterocycles. The molecule has 1 unspecified atom stereocenters. The van der Waals surface area contributed by atoms with E-state index in [1.54, 1.807) is 12.4 Å². The van der Waals surface area contributed by atoms with Gasteiger partial charge in [0.1, 0.15) is 11.3 Å². The van der Waals surface area contributed by atoms with Gasteiger partial charge >= 0.3 is 5.97 Å². The fraction of sp³-hybridized carbons (Fsp3) is 0.429. The number of carbonyl (C=O) groups is 1. The number of piperidine rings is 1. The zero-order valence-corrected chi connectivity index (χ0v) is 11.3. The lowest BCUT2D eigenvalue weighted by Gasteiger charge is -2.32. The minimum Gasteiger partial charge on any atom is -0.469 e. The predicted octanol–water partition coefficient (Wildman–Crippen LogP) is 1.41. The molecule has 1 fully saturated rings. The average Bonchev–Trinajstić information content (AvgIpc) is 2.53. The van der Waals surface area contributed by atoms with Crippen molar-refractivity contribution in [2.75, 3.05) is 25.1 Å². The molecule has 0 amide bonds. The fourth-order valence-corrected chi connectivity index (χ4v) is 2.56. The first-order valence-electron chi connectivity index (χ1n) is 6.68. The lowest BCUT2D eigenvalue weighted by Crippen LogP contribution is -2.39. The van der Waals surface area contributed by atoms with Crippen molar-refractivity contribution in [1.29, 1.82) is 0 Å². The molecule has 0 bridgehead atoms. The van der Waals surface area contributed by atoms with Gasteiger partial charge < -0.3 is 9.64 Å². The summed E-state index contributed by atoms with van der Waals surface area (Å²) in [7, 11) is 1.44. The Morgan fingerprint density at radius 1 is 1.35 bits per heavy atom. The van der Waals surface area contributed by atoms with Crippen LogP contribution >= 0.6 is 0 Å². The molecule has 0 saturated carbocycles. The van der Waals surface area contributed by atoms with Crippen LogP contribution in [0.1, 0.15) is 12.8 Å². The highest BCUT2D eigenvalue weighted by Gasteiger charge is 2.27. The summed E-state index contributed by atoms with van der Waals surface area (Å²) in [6, 6.07) is 3.84. The van der Waals surface area contributed by atoms with Crippen molar-refractivity contribution >= 4 is 23.0 Å². The van der Waals surface area contributed by atoms with Crippen molar-refractivity contribution in [3.63, 3.8) is 0 Å². The first kappa shape index (κ1) is 12.8. The van der Waals surface area contributed by atoms with Crippen LogP contribution in [0.5, 0.6) is 0 Å². The van der Waals surface area contributed by atoms with E-state index >= 15 is 0 Å². The van der Waals surface area contributed by atoms with E-state index in [4.69, 9.17) is 4.74 Å². The van der Waals surface area contributed by atoms with Gasteiger partial charge in [0.25, 0.3) is 0 Å². The van der Waals surface area contributed by atoms with Crippen LogP contribution in [-0.4, -0.2) is 41.1 Å². The number of fused-ring (bicyclic) bond motifs is 1. The molecule has 0 aromatic carbocycles. The summed E-state index contributed by atoms with van der Waals surface area (Å²) in [5, 5.41) is 0. The molecule has 3 heterocycles. The summed E-state index contributed by atoms with van der Waals surface area (Å²) in [4.78, 5) is 26.7. The van der Waals surface area contributed by atoms with Gasteiger partial charge in [-0.15, -0.1) is 0 Å². The number of ether oxygens (including phenoxy) is 1. The van der Waals surface area contributed by atoms with E-state index in [2.05, 4.69) is 19.9 Å². The van der Waals surface area contributed by atoms with E-state index in [1.807, 2.05) is 12.1 Å². The van der Waals surface area contributed by atoms with Crippen molar-refractivity contribution in [2.45, 2.75) is 12.8 Å². The van der Waals surface area contributed by atoms with Crippen LogP contribution in [0.4, 0.5) is 5.82 Å². The van der Waals surface area contributed by atoms with E-state index in [0.717, 1.165) is 30.7 Å². The number of pyridine rings is 1. The first-order valence-corrected chi connectivity index (χ1v) is 6.68. The Labute approximate surface area is 116 Å². The fourth-order valence-electron chi connectivity index (χ4n) is 2.56. The maximum Gasteiger partial charge on any atom is 0.310 e. The molecule has 0 aliphatic carbocycles. The van der Waals surface area contributed by atoms with Gasteiger partial charge in [-0.25, -0.2) is 9.97 Å². The number of hydrogen-bond donors (Lipinski definition) is 0. The summed E-state index contributed by atoms with van der Waals surface area (Å²) in [5.41, 5.74) is 1.41. The van der Waals surface area contributed by atoms with Crippen molar-refractivity contribution < 1.29 is 9.53 Å². The van der Waals surface area contributed by atoms with Crippen molar-refractivity contribution in [3.05, 3.63) is 24.5 Å². The van der Waals surface area contributed by atoms with Gasteiger partial charge in [0.2, 0.25) is 0 Å². The van der Waals surface area contributed by atoms with Crippen LogP contribution in [0.2, 0.25) is 0 Å². The predicted molar refractivity (Wildman–Crippen MR) is 74.3 cm³/mol. The van der Waals surface area contributed by atoms with Crippen LogP contribution in [-0.2, 0) is 9.53 Å². The van der Waals surface area contributed by atoms with Crippen molar-refractivity contribution in [2.24, 2.45) is 5.92 Å². The van der Waals surface area contributed by atoms with Gasteiger partial charge in [-0.3, -0.25) is 9.78 Å². The smallest absolute Gasteiger partial charge is 0.310 e. The third-order valence-corrected chi connectivity index (χ3v) is 3.60. The molecule has 1 atom stereocenters. The minimum absolute atomic E-state index is 0.0758. The number of carbonyl (C=O) groups excluding carboxylic acids is 1. The molecular formula is C14H16N4O2. The summed E-state index contributed by atoms with van der Waals surface area (Å²) < 4.78 is 4.84. The monoisotopic (exact) mass is 272 g/mol. The van der Waals surface area contributed by atoms with Crippen LogP contribution in [0.15, 0.2) is 24.5 Å². The van der Waals surface area contributed by atoms with Crippen molar-refractivity contribution in [3.8, 4) is 0 Å². The second kappa shape index (κ2) is 5.40. The number of aromatic nitrogens is 3. The Hall–Kier alpha value is -2.24. The van der Waals surface area contributed by atoms with Gasteiger partial charge in [0.15, 0.2) is 5.65 Å². The molecule has 0 N–H and O–H groups in total. The Kier molecular flexibility index (Phi) is 3.45. The molecule has 104 valence electrons. The number of esters is 1. The molecule has 20 heavy (non-hydrogen) atoms. The largest absolute Gasteiger partial charge is 0.469 e. The Morgan fingerprint density at radius 3 is 3.05 bits per heavy atom. The van der Waals surface area contributed by atoms with Crippen LogP contribution < -0.4 is 4.90 Å². The maximum absolute atomic E-state index is 11.7. The van der Waals surface area contributed by atoms with Gasteiger partial charge in [-0.1, -0.05) is 0 Å². The molecule has 0 spiro atoms. The zero-order chi connectivity index (χ0) is 13.9. The highest BCUT2D eigenvalue weighted by molar-refractivity contribution is 5.74. The molecule has 1 aliphatic rings. The summed E-state index contributed by atoms with van der Waals surface area (Å²) in [5.74, 6) is 0.620. The Balaban J connectivity index is 1.84. The standard InChI is InChI=1S/C14H16N4O2/c1-20-14(19)10-3-2-8-18(9-10)12-5-4-11-13(17-12)16-7-6-15-11/h4-7,10H,2-3,8-9H2,1H3. The van der Waals surface area contributed by atoms with Crippen LogP contribution in [0.3, 0.4) is 0 Å². The van der Waals surface area contributed by atoms with E-state index in [9.17, 15) is 4.79 Å². The van der Waals surface area contributed by atoms with E-state index < -0.39 is 0 Å². The molecule has 6 heteroatoms. The first-order chi connectivity index (χ1) is 9.78. The van der Waals surface area contributed by atoms with Gasteiger partial charge in [-0.2, -0.15) is 0 Å². The second-order valence-electron chi connectivity index (χ2n) is 4.88. The van der Waals surface area contributed by atoms with Crippen LogP contribution in [0, 0.1) is 5.92 Å². The van der Waals surface area contributed by atoms with Crippen LogP contribution in [0.25, 0.3) is 11.2 Å². The second-order valence-corrected chi connectivity index (χ2v) is 4.88. The number of hydrogen-bond acceptors (Lipinski definition) is 6. The lowest BCUT2D eigenvalue weighted by atomic mass is 9.98. The molecule has 3 rings (SSSR count). The number of methoxy groups -OCH3 is 1. The summed E-state index contributed by atoms with van der Waals surface area (Å²) >= 11 is 0. The quantitative estimate of drug-likeness (QED) is 0.770. The molecule has 1 aliphatic heterocycles. The third-order valence-electron chi connectivity index (χ3n) is 3.60. The Morgan fingerprint density at radius 2 is 2.20 bits per heavy atom. The Bertz CT molecular complexity index is 631. The SMILES string of the molecule is COC(=O)C1CCCN(c2ccc3nccnc3n2)C1. The molecule has 6 nitrogen and oxygen atoms in total. The maximum atomic E-state index is 11.7. The van der Waals surface area contributed by atoms with E-state index in [0.29, 0.717) is 12.2 Å². The van der Waals surface area contributed by atoms with Crippen molar-refractivity contribution in [1.82, 2.24) is 15.0 Å². The minimum atomic E-state index is -0.143. The topological polar surface area (TPSA) is 68.2 Å². The molecule has 2 aromatic heterocycles. The molecule has 0 radical (unpaired) electrons. The lowest BCUT2D eigenvalue weighted by molar-refractivity contribution is -0.145. The molecular weight excluding hydrogens is 256 g/mol. The normalized spacial score (nSPS) is 19.1. The number of rotatable bonds is 2. The average molecular weight is 272 g/mol. The number of anilines is 1. The molecule has 2 aromatic rings. The highest BCUT2D eigenvalue weighted by Crippen LogP contribution is 2.23. The van der Waals surface area contributed by atoms with Gasteiger partial charge in [0.05, 0.1) is 13.0 Å². The third kappa shape index (κ3) is 2.41. The van der Waals surface area contributed by atoms with Gasteiger partial charge in [0, 0.05) is 25.5 Å². The zero-order valence-electron chi connectivity index (χ0n) is 11.3. The number of nitrogens with zero attached hydrogens (tertiary/aromatic N) is 4. The van der Waals surface area contributed by atoms with E-state index in [1.165, 1.54) is 7.11 Å². The van der Waals surface area contributed by atoms with E-state index in [-0.39, 0.29) is 11.9 Å². The van der Waals surface area contributed by atoms with Gasteiger partial charge in [-0.05, 0) is 25.0 Å². The summed E-state index contributed by atoms with van der Waals surface area (Å²) in [6.07, 6.45) is 5.11. The summed E-state index contributed by atoms with van der Waals surface area (Å²) in [6.45, 7) is 1.54.